The van der Waals surface area contributed by atoms with Gasteiger partial charge in [-0.25, -0.2) is 4.79 Å². The van der Waals surface area contributed by atoms with Crippen molar-refractivity contribution in [1.82, 2.24) is 5.32 Å². The lowest BCUT2D eigenvalue weighted by atomic mass is 10.0. The molecule has 0 aromatic carbocycles. The Morgan fingerprint density at radius 1 is 1.31 bits per heavy atom. The molecule has 0 aromatic rings. The number of rotatable bonds is 6. The summed E-state index contributed by atoms with van der Waals surface area (Å²) in [6, 6.07) is -0.728. The van der Waals surface area contributed by atoms with Crippen LogP contribution in [0.4, 0.5) is 0 Å². The third kappa shape index (κ3) is 6.40. The molecule has 0 aliphatic carbocycles. The molecule has 1 unspecified atom stereocenters. The largest absolute Gasteiger partial charge is 0.467 e. The van der Waals surface area contributed by atoms with Gasteiger partial charge in [0.05, 0.1) is 7.11 Å². The number of esters is 1. The molecular weight excluding hydrogens is 234 g/mol. The monoisotopic (exact) mass is 249 g/mol. The van der Waals surface area contributed by atoms with E-state index in [9.17, 15) is 14.4 Å². The number of ether oxygens (including phenoxy) is 1. The van der Waals surface area contributed by atoms with E-state index in [2.05, 4.69) is 10.1 Å². The van der Waals surface area contributed by atoms with E-state index in [1.54, 1.807) is 0 Å². The minimum atomic E-state index is -0.759. The van der Waals surface area contributed by atoms with Gasteiger partial charge in [0.2, 0.25) is 11.1 Å². The average Bonchev–Trinajstić information content (AvgIpc) is 2.13. The van der Waals surface area contributed by atoms with E-state index in [4.69, 9.17) is 11.6 Å². The number of amides is 1. The van der Waals surface area contributed by atoms with Crippen LogP contribution in [0, 0.1) is 5.92 Å². The number of nitrogens with one attached hydrogen (secondary N) is 1. The molecule has 0 radical (unpaired) electrons. The van der Waals surface area contributed by atoms with Crippen LogP contribution in [0.15, 0.2) is 0 Å². The molecule has 0 rings (SSSR count). The van der Waals surface area contributed by atoms with Gasteiger partial charge in [-0.2, -0.15) is 0 Å². The van der Waals surface area contributed by atoms with Gasteiger partial charge >= 0.3 is 5.97 Å². The Kier molecular flexibility index (Phi) is 6.72. The van der Waals surface area contributed by atoms with E-state index in [-0.39, 0.29) is 5.92 Å². The summed E-state index contributed by atoms with van der Waals surface area (Å²) >= 11 is 5.06. The second kappa shape index (κ2) is 7.22. The summed E-state index contributed by atoms with van der Waals surface area (Å²) in [6.07, 6.45) is 0.0159. The molecule has 0 saturated heterocycles. The zero-order valence-electron chi connectivity index (χ0n) is 9.58. The SMILES string of the molecule is COC(=O)C(CC(C)C)NC(=O)CC(=O)Cl. The van der Waals surface area contributed by atoms with Crippen molar-refractivity contribution < 1.29 is 19.1 Å². The zero-order valence-corrected chi connectivity index (χ0v) is 10.3. The summed E-state index contributed by atoms with van der Waals surface area (Å²) < 4.78 is 4.55. The van der Waals surface area contributed by atoms with Crippen molar-refractivity contribution in [2.45, 2.75) is 32.7 Å². The predicted molar refractivity (Wildman–Crippen MR) is 58.9 cm³/mol. The van der Waals surface area contributed by atoms with Crippen molar-refractivity contribution >= 4 is 28.7 Å². The molecule has 0 bridgehead atoms. The minimum Gasteiger partial charge on any atom is -0.467 e. The van der Waals surface area contributed by atoms with Crippen molar-refractivity contribution in [1.29, 1.82) is 0 Å². The summed E-state index contributed by atoms with van der Waals surface area (Å²) in [5.41, 5.74) is 0. The summed E-state index contributed by atoms with van der Waals surface area (Å²) in [5, 5.41) is 1.65. The topological polar surface area (TPSA) is 72.5 Å². The fraction of sp³-hybridized carbons (Fsp3) is 0.700. The minimum absolute atomic E-state index is 0.219. The molecule has 1 N–H and O–H groups in total. The average molecular weight is 250 g/mol. The standard InChI is InChI=1S/C10H16ClNO4/c1-6(2)4-7(10(15)16-3)12-9(14)5-8(11)13/h6-7H,4-5H2,1-3H3,(H,12,14). The molecule has 1 amide bonds. The maximum atomic E-state index is 11.3. The smallest absolute Gasteiger partial charge is 0.328 e. The predicted octanol–water partition coefficient (Wildman–Crippen LogP) is 0.846. The van der Waals surface area contributed by atoms with Gasteiger partial charge in [0.15, 0.2) is 0 Å². The summed E-state index contributed by atoms with van der Waals surface area (Å²) in [4.78, 5) is 33.0. The normalized spacial score (nSPS) is 12.1. The van der Waals surface area contributed by atoms with E-state index in [0.29, 0.717) is 6.42 Å². The Hall–Kier alpha value is -1.10. The summed E-state index contributed by atoms with van der Waals surface area (Å²) in [7, 11) is 1.24. The van der Waals surface area contributed by atoms with E-state index in [0.717, 1.165) is 0 Å². The first kappa shape index (κ1) is 14.9. The number of halogens is 1. The van der Waals surface area contributed by atoms with E-state index in [1.807, 2.05) is 13.8 Å². The van der Waals surface area contributed by atoms with Crippen LogP contribution in [0.3, 0.4) is 0 Å². The van der Waals surface area contributed by atoms with Gasteiger partial charge in [0.25, 0.3) is 0 Å². The third-order valence-electron chi connectivity index (χ3n) is 1.83. The highest BCUT2D eigenvalue weighted by Gasteiger charge is 2.23. The Bertz CT molecular complexity index is 278. The van der Waals surface area contributed by atoms with E-state index < -0.39 is 29.6 Å². The molecule has 0 saturated carbocycles. The molecule has 0 spiro atoms. The van der Waals surface area contributed by atoms with Crippen molar-refractivity contribution in [2.24, 2.45) is 5.92 Å². The summed E-state index contributed by atoms with van der Waals surface area (Å²) in [5.74, 6) is -0.878. The van der Waals surface area contributed by atoms with E-state index in [1.165, 1.54) is 7.11 Å². The van der Waals surface area contributed by atoms with Crippen LogP contribution in [-0.2, 0) is 19.1 Å². The number of carbonyl (C=O) groups is 3. The van der Waals surface area contributed by atoms with Crippen LogP contribution < -0.4 is 5.32 Å². The first-order chi connectivity index (χ1) is 7.36. The molecule has 0 fully saturated rings. The second-order valence-corrected chi connectivity index (χ2v) is 4.23. The van der Waals surface area contributed by atoms with Crippen molar-refractivity contribution in [3.05, 3.63) is 0 Å². The Labute approximate surface area is 99.5 Å². The first-order valence-corrected chi connectivity index (χ1v) is 5.30. The molecule has 6 heteroatoms. The molecule has 5 nitrogen and oxygen atoms in total. The van der Waals surface area contributed by atoms with Gasteiger partial charge in [0, 0.05) is 0 Å². The van der Waals surface area contributed by atoms with Crippen molar-refractivity contribution in [3.63, 3.8) is 0 Å². The van der Waals surface area contributed by atoms with Crippen LogP contribution in [0.25, 0.3) is 0 Å². The highest BCUT2D eigenvalue weighted by molar-refractivity contribution is 6.64. The number of hydrogen-bond acceptors (Lipinski definition) is 4. The molecule has 16 heavy (non-hydrogen) atoms. The highest BCUT2D eigenvalue weighted by atomic mass is 35.5. The van der Waals surface area contributed by atoms with Gasteiger partial charge in [-0.15, -0.1) is 0 Å². The molecule has 0 aliphatic rings. The van der Waals surface area contributed by atoms with Crippen LogP contribution in [0.5, 0.6) is 0 Å². The lowest BCUT2D eigenvalue weighted by molar-refractivity contribution is -0.145. The zero-order chi connectivity index (χ0) is 12.7. The highest BCUT2D eigenvalue weighted by Crippen LogP contribution is 2.06. The lowest BCUT2D eigenvalue weighted by Crippen LogP contribution is -2.42. The number of methoxy groups -OCH3 is 1. The third-order valence-corrected chi connectivity index (χ3v) is 1.96. The van der Waals surface area contributed by atoms with Gasteiger partial charge in [-0.05, 0) is 23.9 Å². The molecule has 92 valence electrons. The van der Waals surface area contributed by atoms with Gasteiger partial charge in [-0.1, -0.05) is 13.8 Å². The quantitative estimate of drug-likeness (QED) is 0.430. The molecule has 1 atom stereocenters. The molecule has 0 aliphatic heterocycles. The Morgan fingerprint density at radius 3 is 2.25 bits per heavy atom. The molecule has 0 heterocycles. The summed E-state index contributed by atoms with van der Waals surface area (Å²) in [6.45, 7) is 3.82. The maximum Gasteiger partial charge on any atom is 0.328 e. The molecular formula is C10H16ClNO4. The maximum absolute atomic E-state index is 11.3. The van der Waals surface area contributed by atoms with Crippen LogP contribution >= 0.6 is 11.6 Å². The van der Waals surface area contributed by atoms with Crippen LogP contribution in [0.1, 0.15) is 26.7 Å². The van der Waals surface area contributed by atoms with Crippen molar-refractivity contribution in [3.8, 4) is 0 Å². The van der Waals surface area contributed by atoms with E-state index >= 15 is 0 Å². The Balaban J connectivity index is 4.36. The number of hydrogen-bond donors (Lipinski definition) is 1. The van der Waals surface area contributed by atoms with Gasteiger partial charge in [-0.3, -0.25) is 9.59 Å². The van der Waals surface area contributed by atoms with Crippen LogP contribution in [0.2, 0.25) is 0 Å². The van der Waals surface area contributed by atoms with Crippen molar-refractivity contribution in [2.75, 3.05) is 7.11 Å². The Morgan fingerprint density at radius 2 is 1.88 bits per heavy atom. The first-order valence-electron chi connectivity index (χ1n) is 4.92. The fourth-order valence-corrected chi connectivity index (χ4v) is 1.32. The lowest BCUT2D eigenvalue weighted by Gasteiger charge is -2.17. The number of carbonyl (C=O) groups excluding carboxylic acids is 3. The van der Waals surface area contributed by atoms with Gasteiger partial charge in [0.1, 0.15) is 12.5 Å². The van der Waals surface area contributed by atoms with Gasteiger partial charge < -0.3 is 10.1 Å². The fourth-order valence-electron chi connectivity index (χ4n) is 1.20. The second-order valence-electron chi connectivity index (χ2n) is 3.80. The van der Waals surface area contributed by atoms with Crippen LogP contribution in [-0.4, -0.2) is 30.3 Å². The molecule has 0 aromatic heterocycles.